The van der Waals surface area contributed by atoms with Gasteiger partial charge in [-0.1, -0.05) is 37.5 Å². The molecule has 1 fully saturated rings. The first-order chi connectivity index (χ1) is 11.3. The zero-order valence-corrected chi connectivity index (χ0v) is 13.3. The van der Waals surface area contributed by atoms with Crippen LogP contribution in [0.4, 0.5) is 0 Å². The summed E-state index contributed by atoms with van der Waals surface area (Å²) < 4.78 is 1.77. The van der Waals surface area contributed by atoms with Gasteiger partial charge in [0.15, 0.2) is 0 Å². The molecule has 0 aliphatic heterocycles. The van der Waals surface area contributed by atoms with Crippen molar-refractivity contribution in [1.82, 2.24) is 15.1 Å². The third-order valence-corrected chi connectivity index (χ3v) is 4.53. The van der Waals surface area contributed by atoms with Crippen molar-refractivity contribution in [2.75, 3.05) is 6.54 Å². The fraction of sp³-hybridized carbons (Fsp3) is 0.444. The lowest BCUT2D eigenvalue weighted by Crippen LogP contribution is -2.29. The van der Waals surface area contributed by atoms with Gasteiger partial charge in [-0.2, -0.15) is 0 Å². The first-order valence-corrected chi connectivity index (χ1v) is 8.38. The summed E-state index contributed by atoms with van der Waals surface area (Å²) in [7, 11) is 0. The normalized spacial score (nSPS) is 15.5. The number of hydrogen-bond acceptors (Lipinski definition) is 2. The summed E-state index contributed by atoms with van der Waals surface area (Å²) in [4.78, 5) is 24.4. The number of H-pyrrole nitrogens is 1. The van der Waals surface area contributed by atoms with Gasteiger partial charge >= 0.3 is 0 Å². The molecule has 2 N–H and O–H groups in total. The molecule has 0 saturated heterocycles. The second-order valence-corrected chi connectivity index (χ2v) is 6.14. The Kier molecular flexibility index (Phi) is 4.95. The number of rotatable bonds is 5. The number of benzene rings is 1. The number of carbonyl (C=O) groups is 1. The molecule has 1 aromatic heterocycles. The van der Waals surface area contributed by atoms with E-state index in [-0.39, 0.29) is 11.5 Å². The van der Waals surface area contributed by atoms with Gasteiger partial charge in [-0.15, -0.1) is 0 Å². The molecule has 5 nitrogen and oxygen atoms in total. The van der Waals surface area contributed by atoms with Gasteiger partial charge in [0.25, 0.3) is 11.5 Å². The van der Waals surface area contributed by atoms with Crippen molar-refractivity contribution in [3.05, 3.63) is 58.0 Å². The van der Waals surface area contributed by atoms with E-state index in [0.717, 1.165) is 18.4 Å². The average molecular weight is 313 g/mol. The molecule has 0 bridgehead atoms. The molecule has 1 saturated carbocycles. The second-order valence-electron chi connectivity index (χ2n) is 6.14. The van der Waals surface area contributed by atoms with Crippen LogP contribution in [0.5, 0.6) is 0 Å². The Morgan fingerprint density at radius 3 is 2.65 bits per heavy atom. The smallest absolute Gasteiger partial charge is 0.269 e. The quantitative estimate of drug-likeness (QED) is 0.891. The largest absolute Gasteiger partial charge is 0.352 e. The van der Waals surface area contributed by atoms with E-state index in [1.54, 1.807) is 23.0 Å². The molecule has 23 heavy (non-hydrogen) atoms. The molecule has 1 aromatic carbocycles. The minimum absolute atomic E-state index is 0.0610. The summed E-state index contributed by atoms with van der Waals surface area (Å²) in [5.74, 6) is -0.103. The molecule has 3 rings (SSSR count). The van der Waals surface area contributed by atoms with Crippen molar-refractivity contribution < 1.29 is 4.79 Å². The van der Waals surface area contributed by atoms with Crippen molar-refractivity contribution >= 4 is 5.91 Å². The topological polar surface area (TPSA) is 66.9 Å². The monoisotopic (exact) mass is 313 g/mol. The van der Waals surface area contributed by atoms with Gasteiger partial charge in [-0.25, -0.2) is 4.68 Å². The Morgan fingerprint density at radius 2 is 1.91 bits per heavy atom. The number of nitrogens with one attached hydrogen (secondary N) is 2. The highest BCUT2D eigenvalue weighted by atomic mass is 16.1. The standard InChI is InChI=1S/C18H23N3O2/c22-17(14-7-3-1-4-8-14)19-12-11-15-13-20-21(18(15)23)16-9-5-2-6-10-16/h1,3-4,7-8,13,16,20H,2,5-6,9-12H2,(H,19,22). The Labute approximate surface area is 135 Å². The van der Waals surface area contributed by atoms with E-state index >= 15 is 0 Å². The summed E-state index contributed by atoms with van der Waals surface area (Å²) >= 11 is 0. The summed E-state index contributed by atoms with van der Waals surface area (Å²) in [5, 5.41) is 5.97. The molecule has 1 aliphatic carbocycles. The number of aromatic nitrogens is 2. The third-order valence-electron chi connectivity index (χ3n) is 4.53. The molecule has 1 heterocycles. The second kappa shape index (κ2) is 7.31. The van der Waals surface area contributed by atoms with Crippen LogP contribution in [0.2, 0.25) is 0 Å². The third kappa shape index (κ3) is 3.73. The van der Waals surface area contributed by atoms with Crippen LogP contribution in [0.15, 0.2) is 41.3 Å². The lowest BCUT2D eigenvalue weighted by atomic mass is 9.96. The molecule has 1 aliphatic rings. The van der Waals surface area contributed by atoms with Crippen LogP contribution >= 0.6 is 0 Å². The SMILES string of the molecule is O=C(NCCc1c[nH]n(C2CCCCC2)c1=O)c1ccccc1. The van der Waals surface area contributed by atoms with Gasteiger partial charge in [0.1, 0.15) is 0 Å². The molecular formula is C18H23N3O2. The highest BCUT2D eigenvalue weighted by Gasteiger charge is 2.18. The Morgan fingerprint density at radius 1 is 1.17 bits per heavy atom. The fourth-order valence-corrected chi connectivity index (χ4v) is 3.21. The number of aromatic amines is 1. The Balaban J connectivity index is 1.56. The first-order valence-electron chi connectivity index (χ1n) is 8.38. The van der Waals surface area contributed by atoms with Crippen molar-refractivity contribution in [2.45, 2.75) is 44.6 Å². The van der Waals surface area contributed by atoms with Crippen molar-refractivity contribution in [3.8, 4) is 0 Å². The minimum Gasteiger partial charge on any atom is -0.352 e. The van der Waals surface area contributed by atoms with Gasteiger partial charge in [0.2, 0.25) is 0 Å². The lowest BCUT2D eigenvalue weighted by molar-refractivity contribution is 0.0954. The molecule has 2 aromatic rings. The van der Waals surface area contributed by atoms with Crippen LogP contribution < -0.4 is 10.9 Å². The first kappa shape index (κ1) is 15.6. The highest BCUT2D eigenvalue weighted by Crippen LogP contribution is 2.26. The van der Waals surface area contributed by atoms with Gasteiger partial charge in [-0.05, 0) is 31.4 Å². The van der Waals surface area contributed by atoms with Crippen LogP contribution in [0, 0.1) is 0 Å². The van der Waals surface area contributed by atoms with Gasteiger partial charge in [0.05, 0.1) is 6.04 Å². The van der Waals surface area contributed by atoms with Crippen LogP contribution in [0.1, 0.15) is 54.1 Å². The number of hydrogen-bond donors (Lipinski definition) is 2. The van der Waals surface area contributed by atoms with E-state index in [9.17, 15) is 9.59 Å². The average Bonchev–Trinajstić information content (AvgIpc) is 2.97. The van der Waals surface area contributed by atoms with Crippen molar-refractivity contribution in [1.29, 1.82) is 0 Å². The fourth-order valence-electron chi connectivity index (χ4n) is 3.21. The predicted octanol–water partition coefficient (Wildman–Crippen LogP) is 2.65. The summed E-state index contributed by atoms with van der Waals surface area (Å²) in [6.45, 7) is 0.464. The van der Waals surface area contributed by atoms with E-state index in [0.29, 0.717) is 24.6 Å². The number of amides is 1. The maximum Gasteiger partial charge on any atom is 0.269 e. The summed E-state index contributed by atoms with van der Waals surface area (Å²) in [5.41, 5.74) is 1.44. The van der Waals surface area contributed by atoms with E-state index in [1.807, 2.05) is 18.2 Å². The van der Waals surface area contributed by atoms with Crippen LogP contribution in [-0.2, 0) is 6.42 Å². The summed E-state index contributed by atoms with van der Waals surface area (Å²) in [6, 6.07) is 9.42. The van der Waals surface area contributed by atoms with Crippen molar-refractivity contribution in [2.24, 2.45) is 0 Å². The van der Waals surface area contributed by atoms with Gasteiger partial charge in [-0.3, -0.25) is 9.59 Å². The van der Waals surface area contributed by atoms with Crippen molar-refractivity contribution in [3.63, 3.8) is 0 Å². The number of carbonyl (C=O) groups excluding carboxylic acids is 1. The van der Waals surface area contributed by atoms with Gasteiger partial charge in [0, 0.05) is 23.9 Å². The summed E-state index contributed by atoms with van der Waals surface area (Å²) in [6.07, 6.45) is 8.13. The molecule has 1 amide bonds. The van der Waals surface area contributed by atoms with Crippen LogP contribution in [-0.4, -0.2) is 22.2 Å². The highest BCUT2D eigenvalue weighted by molar-refractivity contribution is 5.94. The zero-order chi connectivity index (χ0) is 16.1. The van der Waals surface area contributed by atoms with Crippen LogP contribution in [0.25, 0.3) is 0 Å². The maximum atomic E-state index is 12.4. The van der Waals surface area contributed by atoms with E-state index in [2.05, 4.69) is 10.4 Å². The molecule has 0 atom stereocenters. The van der Waals surface area contributed by atoms with E-state index < -0.39 is 0 Å². The molecular weight excluding hydrogens is 290 g/mol. The lowest BCUT2D eigenvalue weighted by Gasteiger charge is -2.21. The zero-order valence-electron chi connectivity index (χ0n) is 13.3. The maximum absolute atomic E-state index is 12.4. The minimum atomic E-state index is -0.103. The van der Waals surface area contributed by atoms with E-state index in [1.165, 1.54) is 19.3 Å². The molecule has 0 radical (unpaired) electrons. The number of nitrogens with zero attached hydrogens (tertiary/aromatic N) is 1. The molecule has 0 spiro atoms. The molecule has 5 heteroatoms. The van der Waals surface area contributed by atoms with E-state index in [4.69, 9.17) is 0 Å². The molecule has 0 unspecified atom stereocenters. The van der Waals surface area contributed by atoms with Crippen LogP contribution in [0.3, 0.4) is 0 Å². The Hall–Kier alpha value is -2.30. The Bertz CT molecular complexity index is 697. The van der Waals surface area contributed by atoms with Gasteiger partial charge < -0.3 is 10.4 Å². The molecule has 122 valence electrons. The predicted molar refractivity (Wildman–Crippen MR) is 89.7 cm³/mol.